The van der Waals surface area contributed by atoms with Crippen LogP contribution in [0.2, 0.25) is 5.02 Å². The summed E-state index contributed by atoms with van der Waals surface area (Å²) < 4.78 is 0. The molecule has 1 aromatic heterocycles. The van der Waals surface area contributed by atoms with E-state index in [9.17, 15) is 4.79 Å². The molecule has 0 saturated heterocycles. The average Bonchev–Trinajstić information content (AvgIpc) is 2.36. The molecule has 0 aliphatic carbocycles. The fraction of sp³-hybridized carbons (Fsp3) is 0.286. The van der Waals surface area contributed by atoms with Crippen molar-refractivity contribution < 1.29 is 0 Å². The van der Waals surface area contributed by atoms with Crippen LogP contribution in [0.1, 0.15) is 31.0 Å². The van der Waals surface area contributed by atoms with Crippen LogP contribution in [0.4, 0.5) is 0 Å². The van der Waals surface area contributed by atoms with Gasteiger partial charge in [0.2, 0.25) is 0 Å². The Morgan fingerprint density at radius 3 is 2.84 bits per heavy atom. The molecule has 0 aliphatic heterocycles. The number of aromatic nitrogens is 2. The minimum Gasteiger partial charge on any atom is -0.301 e. The van der Waals surface area contributed by atoms with E-state index >= 15 is 0 Å². The van der Waals surface area contributed by atoms with Gasteiger partial charge in [-0.25, -0.2) is 4.98 Å². The first kappa shape index (κ1) is 14.2. The Hall–Kier alpha value is -1.26. The summed E-state index contributed by atoms with van der Waals surface area (Å²) in [6, 6.07) is 9.23. The molecule has 0 amide bonds. The molecule has 0 atom stereocenters. The van der Waals surface area contributed by atoms with Gasteiger partial charge in [0.1, 0.15) is 0 Å². The molecule has 2 rings (SSSR count). The second-order valence-corrected chi connectivity index (χ2v) is 5.95. The quantitative estimate of drug-likeness (QED) is 0.688. The van der Waals surface area contributed by atoms with E-state index in [0.29, 0.717) is 5.16 Å². The normalized spacial score (nSPS) is 10.9. The number of halogens is 1. The fourth-order valence-electron chi connectivity index (χ4n) is 1.60. The lowest BCUT2D eigenvalue weighted by molar-refractivity contribution is 0.769. The molecule has 0 aliphatic rings. The molecule has 0 saturated carbocycles. The first-order valence-corrected chi connectivity index (χ1v) is 7.39. The summed E-state index contributed by atoms with van der Waals surface area (Å²) in [5.41, 5.74) is 1.82. The van der Waals surface area contributed by atoms with Crippen molar-refractivity contribution >= 4 is 23.4 Å². The lowest BCUT2D eigenvalue weighted by atomic mass is 10.1. The van der Waals surface area contributed by atoms with Gasteiger partial charge in [-0.15, -0.1) is 0 Å². The van der Waals surface area contributed by atoms with Gasteiger partial charge in [-0.1, -0.05) is 49.3 Å². The lowest BCUT2D eigenvalue weighted by Crippen LogP contribution is -2.10. The van der Waals surface area contributed by atoms with Crippen molar-refractivity contribution in [2.75, 3.05) is 0 Å². The smallest absolute Gasteiger partial charge is 0.251 e. The zero-order valence-electron chi connectivity index (χ0n) is 10.8. The number of nitrogens with zero attached hydrogens (tertiary/aromatic N) is 1. The Balaban J connectivity index is 2.13. The minimum atomic E-state index is -0.104. The van der Waals surface area contributed by atoms with Gasteiger partial charge in [-0.05, 0) is 23.6 Å². The highest BCUT2D eigenvalue weighted by Crippen LogP contribution is 2.21. The number of hydrogen-bond donors (Lipinski definition) is 1. The standard InChI is InChI=1S/C14H15ClN2OS/c1-9(2)12-7-13(18)17-14(16-12)19-8-10-4-3-5-11(15)6-10/h3-7,9H,8H2,1-2H3,(H,16,17,18). The number of nitrogens with one attached hydrogen (secondary N) is 1. The summed E-state index contributed by atoms with van der Waals surface area (Å²) >= 11 is 7.44. The summed E-state index contributed by atoms with van der Waals surface area (Å²) in [5.74, 6) is 0.971. The van der Waals surface area contributed by atoms with Gasteiger partial charge in [-0.3, -0.25) is 4.79 Å². The molecule has 5 heteroatoms. The van der Waals surface area contributed by atoms with Crippen molar-refractivity contribution in [3.05, 3.63) is 57.0 Å². The Kier molecular flexibility index (Phi) is 4.66. The molecule has 0 fully saturated rings. The summed E-state index contributed by atoms with van der Waals surface area (Å²) in [7, 11) is 0. The molecule has 19 heavy (non-hydrogen) atoms. The highest BCUT2D eigenvalue weighted by Gasteiger charge is 2.06. The van der Waals surface area contributed by atoms with Crippen LogP contribution in [0, 0.1) is 0 Å². The largest absolute Gasteiger partial charge is 0.301 e. The van der Waals surface area contributed by atoms with Crippen LogP contribution in [0.15, 0.2) is 40.3 Å². The topological polar surface area (TPSA) is 45.8 Å². The number of thioether (sulfide) groups is 1. The molecule has 1 aromatic carbocycles. The Labute approximate surface area is 121 Å². The van der Waals surface area contributed by atoms with Crippen LogP contribution >= 0.6 is 23.4 Å². The zero-order chi connectivity index (χ0) is 13.8. The summed E-state index contributed by atoms with van der Waals surface area (Å²) in [4.78, 5) is 18.7. The van der Waals surface area contributed by atoms with Crippen molar-refractivity contribution in [2.24, 2.45) is 0 Å². The highest BCUT2D eigenvalue weighted by molar-refractivity contribution is 7.98. The van der Waals surface area contributed by atoms with E-state index in [2.05, 4.69) is 9.97 Å². The van der Waals surface area contributed by atoms with Crippen molar-refractivity contribution in [3.8, 4) is 0 Å². The number of H-pyrrole nitrogens is 1. The second kappa shape index (κ2) is 6.26. The van der Waals surface area contributed by atoms with Gasteiger partial charge in [0, 0.05) is 16.8 Å². The van der Waals surface area contributed by atoms with Crippen LogP contribution in [-0.4, -0.2) is 9.97 Å². The number of benzene rings is 1. The van der Waals surface area contributed by atoms with Crippen molar-refractivity contribution in [1.29, 1.82) is 0 Å². The van der Waals surface area contributed by atoms with E-state index in [4.69, 9.17) is 11.6 Å². The predicted octanol–water partition coefficient (Wildman–Crippen LogP) is 3.84. The molecule has 3 nitrogen and oxygen atoms in total. The molecule has 0 bridgehead atoms. The van der Waals surface area contributed by atoms with Crippen molar-refractivity contribution in [3.63, 3.8) is 0 Å². The number of aromatic amines is 1. The van der Waals surface area contributed by atoms with E-state index in [1.165, 1.54) is 11.8 Å². The van der Waals surface area contributed by atoms with E-state index in [1.54, 1.807) is 6.07 Å². The molecular formula is C14H15ClN2OS. The first-order valence-electron chi connectivity index (χ1n) is 6.03. The monoisotopic (exact) mass is 294 g/mol. The molecule has 0 radical (unpaired) electrons. The van der Waals surface area contributed by atoms with Gasteiger partial charge in [0.15, 0.2) is 5.16 Å². The summed E-state index contributed by atoms with van der Waals surface area (Å²) in [6.45, 7) is 4.04. The van der Waals surface area contributed by atoms with Crippen LogP contribution in [0.25, 0.3) is 0 Å². The molecule has 0 spiro atoms. The SMILES string of the molecule is CC(C)c1cc(=O)[nH]c(SCc2cccc(Cl)c2)n1. The Bertz CT molecular complexity index is 625. The van der Waals surface area contributed by atoms with Crippen LogP contribution < -0.4 is 5.56 Å². The van der Waals surface area contributed by atoms with Crippen LogP contribution in [-0.2, 0) is 5.75 Å². The molecule has 100 valence electrons. The maximum atomic E-state index is 11.6. The van der Waals surface area contributed by atoms with E-state index in [1.807, 2.05) is 38.1 Å². The van der Waals surface area contributed by atoms with Gasteiger partial charge < -0.3 is 4.98 Å². The van der Waals surface area contributed by atoms with Crippen molar-refractivity contribution in [1.82, 2.24) is 9.97 Å². The van der Waals surface area contributed by atoms with E-state index in [0.717, 1.165) is 22.0 Å². The number of rotatable bonds is 4. The molecule has 2 aromatic rings. The van der Waals surface area contributed by atoms with E-state index in [-0.39, 0.29) is 11.5 Å². The third-order valence-electron chi connectivity index (χ3n) is 2.60. The Morgan fingerprint density at radius 2 is 2.16 bits per heavy atom. The van der Waals surface area contributed by atoms with Crippen LogP contribution in [0.5, 0.6) is 0 Å². The second-order valence-electron chi connectivity index (χ2n) is 4.55. The Morgan fingerprint density at radius 1 is 1.37 bits per heavy atom. The van der Waals surface area contributed by atoms with Crippen molar-refractivity contribution in [2.45, 2.75) is 30.7 Å². The average molecular weight is 295 g/mol. The maximum Gasteiger partial charge on any atom is 0.251 e. The number of hydrogen-bond acceptors (Lipinski definition) is 3. The third kappa shape index (κ3) is 4.11. The van der Waals surface area contributed by atoms with E-state index < -0.39 is 0 Å². The lowest BCUT2D eigenvalue weighted by Gasteiger charge is -2.06. The highest BCUT2D eigenvalue weighted by atomic mass is 35.5. The predicted molar refractivity (Wildman–Crippen MR) is 80.0 cm³/mol. The third-order valence-corrected chi connectivity index (χ3v) is 3.78. The summed E-state index contributed by atoms with van der Waals surface area (Å²) in [5, 5.41) is 1.37. The minimum absolute atomic E-state index is 0.104. The van der Waals surface area contributed by atoms with Gasteiger partial charge in [0.25, 0.3) is 5.56 Å². The van der Waals surface area contributed by atoms with Gasteiger partial charge in [-0.2, -0.15) is 0 Å². The fourth-order valence-corrected chi connectivity index (χ4v) is 2.63. The molecular weight excluding hydrogens is 280 g/mol. The zero-order valence-corrected chi connectivity index (χ0v) is 12.4. The molecule has 1 heterocycles. The van der Waals surface area contributed by atoms with Gasteiger partial charge in [0.05, 0.1) is 5.69 Å². The molecule has 0 unspecified atom stereocenters. The first-order chi connectivity index (χ1) is 9.04. The molecule has 1 N–H and O–H groups in total. The summed E-state index contributed by atoms with van der Waals surface area (Å²) in [6.07, 6.45) is 0. The van der Waals surface area contributed by atoms with Crippen LogP contribution in [0.3, 0.4) is 0 Å². The maximum absolute atomic E-state index is 11.6. The van der Waals surface area contributed by atoms with Gasteiger partial charge >= 0.3 is 0 Å².